The molecule has 27 heavy (non-hydrogen) atoms. The molecule has 8 heteroatoms. The molecule has 0 spiro atoms. The van der Waals surface area contributed by atoms with Gasteiger partial charge in [-0.25, -0.2) is 0 Å². The number of carbonyl (C=O) groups excluding carboxylic acids is 1. The van der Waals surface area contributed by atoms with Crippen LogP contribution in [0.5, 0.6) is 5.75 Å². The summed E-state index contributed by atoms with van der Waals surface area (Å²) in [6, 6.07) is 6.51. The lowest BCUT2D eigenvalue weighted by Gasteiger charge is -2.31. The summed E-state index contributed by atoms with van der Waals surface area (Å²) in [4.78, 5) is 18.5. The molecule has 0 radical (unpaired) electrons. The molecule has 1 aliphatic carbocycles. The Bertz CT molecular complexity index is 659. The maximum Gasteiger partial charge on any atom is 0.387 e. The fourth-order valence-electron chi connectivity index (χ4n) is 3.48. The molecule has 0 heterocycles. The average molecular weight is 382 g/mol. The van der Waals surface area contributed by atoms with Gasteiger partial charge in [-0.2, -0.15) is 8.78 Å². The van der Waals surface area contributed by atoms with Gasteiger partial charge in [-0.15, -0.1) is 0 Å². The van der Waals surface area contributed by atoms with E-state index in [9.17, 15) is 13.6 Å². The van der Waals surface area contributed by atoms with E-state index in [1.165, 1.54) is 6.07 Å². The molecule has 0 aliphatic heterocycles. The molecule has 150 valence electrons. The summed E-state index contributed by atoms with van der Waals surface area (Å²) in [5, 5.41) is 6.39. The highest BCUT2D eigenvalue weighted by molar-refractivity contribution is 5.85. The predicted molar refractivity (Wildman–Crippen MR) is 101 cm³/mol. The van der Waals surface area contributed by atoms with Crippen molar-refractivity contribution in [3.05, 3.63) is 29.8 Å². The number of hydrogen-bond donors (Lipinski definition) is 2. The van der Waals surface area contributed by atoms with Gasteiger partial charge in [0.05, 0.1) is 5.41 Å². The van der Waals surface area contributed by atoms with E-state index >= 15 is 0 Å². The quantitative estimate of drug-likeness (QED) is 0.562. The molecule has 1 fully saturated rings. The van der Waals surface area contributed by atoms with Crippen molar-refractivity contribution < 1.29 is 18.3 Å². The highest BCUT2D eigenvalue weighted by atomic mass is 19.3. The summed E-state index contributed by atoms with van der Waals surface area (Å²) in [6.45, 7) is -1.94. The number of nitrogens with one attached hydrogen (secondary N) is 2. The van der Waals surface area contributed by atoms with E-state index in [0.717, 1.165) is 31.2 Å². The average Bonchev–Trinajstić information content (AvgIpc) is 3.11. The number of aliphatic imine (C=N–C) groups is 1. The van der Waals surface area contributed by atoms with Crippen LogP contribution in [0.1, 0.15) is 31.2 Å². The SMILES string of the molecule is CN=C(NCc1cccc(OC(F)F)c1)NCC1(C(=O)N(C)C)CCCC1. The molecule has 1 aromatic rings. The van der Waals surface area contributed by atoms with Gasteiger partial charge in [0.1, 0.15) is 5.75 Å². The maximum atomic E-state index is 12.6. The normalized spacial score (nSPS) is 16.3. The van der Waals surface area contributed by atoms with Crippen molar-refractivity contribution in [3.8, 4) is 5.75 Å². The van der Waals surface area contributed by atoms with Crippen molar-refractivity contribution in [1.82, 2.24) is 15.5 Å². The van der Waals surface area contributed by atoms with Crippen LogP contribution in [0.25, 0.3) is 0 Å². The molecule has 0 atom stereocenters. The number of ether oxygens (including phenoxy) is 1. The van der Waals surface area contributed by atoms with Gasteiger partial charge in [-0.1, -0.05) is 25.0 Å². The Morgan fingerprint density at radius 1 is 1.30 bits per heavy atom. The van der Waals surface area contributed by atoms with Gasteiger partial charge < -0.3 is 20.3 Å². The van der Waals surface area contributed by atoms with Gasteiger partial charge in [0.2, 0.25) is 5.91 Å². The molecule has 1 aliphatic rings. The van der Waals surface area contributed by atoms with Gasteiger partial charge in [0, 0.05) is 34.2 Å². The Hall–Kier alpha value is -2.38. The number of rotatable bonds is 7. The molecular weight excluding hydrogens is 354 g/mol. The Labute approximate surface area is 159 Å². The number of halogens is 2. The van der Waals surface area contributed by atoms with Gasteiger partial charge in [0.25, 0.3) is 0 Å². The number of carbonyl (C=O) groups is 1. The van der Waals surface area contributed by atoms with E-state index in [0.29, 0.717) is 19.0 Å². The zero-order chi connectivity index (χ0) is 19.9. The smallest absolute Gasteiger partial charge is 0.387 e. The van der Waals surface area contributed by atoms with Crippen LogP contribution < -0.4 is 15.4 Å². The van der Waals surface area contributed by atoms with Crippen LogP contribution in [0.4, 0.5) is 8.78 Å². The summed E-state index contributed by atoms with van der Waals surface area (Å²) in [5.74, 6) is 0.821. The molecule has 0 unspecified atom stereocenters. The maximum absolute atomic E-state index is 12.6. The van der Waals surface area contributed by atoms with E-state index < -0.39 is 12.0 Å². The number of benzene rings is 1. The molecule has 1 amide bonds. The van der Waals surface area contributed by atoms with Crippen molar-refractivity contribution in [2.45, 2.75) is 38.8 Å². The standard InChI is InChI=1S/C19H28F2N4O2/c1-22-18(23-12-14-7-6-8-15(11-14)27-17(20)21)24-13-19(9-4-5-10-19)16(26)25(2)3/h6-8,11,17H,4-5,9-10,12-13H2,1-3H3,(H2,22,23,24). The Morgan fingerprint density at radius 2 is 2.00 bits per heavy atom. The number of amides is 1. The second-order valence-corrected chi connectivity index (χ2v) is 6.99. The fourth-order valence-corrected chi connectivity index (χ4v) is 3.48. The Kier molecular flexibility index (Phi) is 7.38. The van der Waals surface area contributed by atoms with Crippen LogP contribution in [0.15, 0.2) is 29.3 Å². The number of alkyl halides is 2. The largest absolute Gasteiger partial charge is 0.435 e. The topological polar surface area (TPSA) is 66.0 Å². The lowest BCUT2D eigenvalue weighted by molar-refractivity contribution is -0.138. The van der Waals surface area contributed by atoms with E-state index in [4.69, 9.17) is 0 Å². The second-order valence-electron chi connectivity index (χ2n) is 6.99. The van der Waals surface area contributed by atoms with Gasteiger partial charge >= 0.3 is 6.61 Å². The summed E-state index contributed by atoms with van der Waals surface area (Å²) in [7, 11) is 5.22. The second kappa shape index (κ2) is 9.53. The van der Waals surface area contributed by atoms with Crippen molar-refractivity contribution in [2.24, 2.45) is 10.4 Å². The van der Waals surface area contributed by atoms with Crippen LogP contribution in [0, 0.1) is 5.41 Å². The minimum atomic E-state index is -2.85. The van der Waals surface area contributed by atoms with Crippen LogP contribution in [-0.4, -0.2) is 51.1 Å². The van der Waals surface area contributed by atoms with Crippen LogP contribution in [0.3, 0.4) is 0 Å². The molecule has 2 rings (SSSR count). The van der Waals surface area contributed by atoms with E-state index in [-0.39, 0.29) is 11.7 Å². The lowest BCUT2D eigenvalue weighted by atomic mass is 9.84. The summed E-state index contributed by atoms with van der Waals surface area (Å²) >= 11 is 0. The van der Waals surface area contributed by atoms with Gasteiger partial charge in [-0.3, -0.25) is 9.79 Å². The third-order valence-corrected chi connectivity index (χ3v) is 4.82. The Morgan fingerprint density at radius 3 is 2.59 bits per heavy atom. The first kappa shape index (κ1) is 20.9. The van der Waals surface area contributed by atoms with Crippen molar-refractivity contribution in [2.75, 3.05) is 27.7 Å². The first-order valence-corrected chi connectivity index (χ1v) is 9.06. The molecule has 2 N–H and O–H groups in total. The molecule has 6 nitrogen and oxygen atoms in total. The number of hydrogen-bond acceptors (Lipinski definition) is 3. The molecule has 0 aromatic heterocycles. The van der Waals surface area contributed by atoms with Crippen molar-refractivity contribution >= 4 is 11.9 Å². The van der Waals surface area contributed by atoms with Crippen LogP contribution >= 0.6 is 0 Å². The highest BCUT2D eigenvalue weighted by Gasteiger charge is 2.42. The van der Waals surface area contributed by atoms with E-state index in [1.807, 2.05) is 6.07 Å². The monoisotopic (exact) mass is 382 g/mol. The molecular formula is C19H28F2N4O2. The molecule has 0 saturated heterocycles. The minimum absolute atomic E-state index is 0.119. The third-order valence-electron chi connectivity index (χ3n) is 4.82. The number of nitrogens with zero attached hydrogens (tertiary/aromatic N) is 2. The van der Waals surface area contributed by atoms with Gasteiger partial charge in [-0.05, 0) is 30.5 Å². The molecule has 1 saturated carbocycles. The van der Waals surface area contributed by atoms with Crippen molar-refractivity contribution in [1.29, 1.82) is 0 Å². The first-order valence-electron chi connectivity index (χ1n) is 9.06. The molecule has 0 bridgehead atoms. The fraction of sp³-hybridized carbons (Fsp3) is 0.579. The van der Waals surface area contributed by atoms with E-state index in [2.05, 4.69) is 20.4 Å². The highest BCUT2D eigenvalue weighted by Crippen LogP contribution is 2.38. The first-order chi connectivity index (χ1) is 12.9. The molecule has 1 aromatic carbocycles. The zero-order valence-corrected chi connectivity index (χ0v) is 16.1. The summed E-state index contributed by atoms with van der Waals surface area (Å²) < 4.78 is 29.1. The summed E-state index contributed by atoms with van der Waals surface area (Å²) in [5.41, 5.74) is 0.391. The van der Waals surface area contributed by atoms with E-state index in [1.54, 1.807) is 38.2 Å². The zero-order valence-electron chi connectivity index (χ0n) is 16.1. The number of guanidine groups is 1. The minimum Gasteiger partial charge on any atom is -0.435 e. The third kappa shape index (κ3) is 5.80. The van der Waals surface area contributed by atoms with Crippen LogP contribution in [-0.2, 0) is 11.3 Å². The van der Waals surface area contributed by atoms with Gasteiger partial charge in [0.15, 0.2) is 5.96 Å². The van der Waals surface area contributed by atoms with Crippen molar-refractivity contribution in [3.63, 3.8) is 0 Å². The Balaban J connectivity index is 1.93. The predicted octanol–water partition coefficient (Wildman–Crippen LogP) is 2.60. The van der Waals surface area contributed by atoms with Crippen LogP contribution in [0.2, 0.25) is 0 Å². The lowest BCUT2D eigenvalue weighted by Crippen LogP contribution is -2.49. The summed E-state index contributed by atoms with van der Waals surface area (Å²) in [6.07, 6.45) is 3.82.